The molecule has 8 heteroatoms. The highest BCUT2D eigenvalue weighted by Gasteiger charge is 2.79. The summed E-state index contributed by atoms with van der Waals surface area (Å²) in [6.07, 6.45) is 0.491. The van der Waals surface area contributed by atoms with Gasteiger partial charge < -0.3 is 25.4 Å². The van der Waals surface area contributed by atoms with Crippen molar-refractivity contribution >= 4 is 34.2 Å². The molecule has 33 heavy (non-hydrogen) atoms. The topological polar surface area (TPSA) is 108 Å². The zero-order valence-corrected chi connectivity index (χ0v) is 19.0. The fourth-order valence-corrected chi connectivity index (χ4v) is 6.42. The number of ether oxygens (including phenoxy) is 1. The number of aliphatic hydroxyl groups is 1. The quantitative estimate of drug-likeness (QED) is 0.639. The number of aliphatic hydroxyl groups excluding tert-OH is 1. The van der Waals surface area contributed by atoms with E-state index in [9.17, 15) is 19.5 Å². The van der Waals surface area contributed by atoms with Crippen LogP contribution in [0.15, 0.2) is 42.5 Å². The Labute approximate surface area is 192 Å². The molecule has 0 aliphatic carbocycles. The predicted molar refractivity (Wildman–Crippen MR) is 122 cm³/mol. The first-order chi connectivity index (χ1) is 15.8. The molecular weight excluding hydrogens is 422 g/mol. The van der Waals surface area contributed by atoms with Gasteiger partial charge in [-0.3, -0.25) is 14.4 Å². The maximum Gasteiger partial charge on any atom is 0.250 e. The van der Waals surface area contributed by atoms with Crippen LogP contribution in [0.25, 0.3) is 10.8 Å². The molecule has 174 valence electrons. The van der Waals surface area contributed by atoms with Crippen LogP contribution >= 0.6 is 0 Å². The summed E-state index contributed by atoms with van der Waals surface area (Å²) in [5.74, 6) is -2.43. The number of β-amino-alcohol motifs (C(OH)–C–C–N with tert-alkyl or cyclic N) is 1. The second kappa shape index (κ2) is 7.53. The summed E-state index contributed by atoms with van der Waals surface area (Å²) >= 11 is 0. The molecule has 3 heterocycles. The fourth-order valence-electron chi connectivity index (χ4n) is 6.42. The highest BCUT2D eigenvalue weighted by Crippen LogP contribution is 2.65. The number of carbonyl (C=O) groups is 3. The normalized spacial score (nSPS) is 34.5. The Kier molecular flexibility index (Phi) is 4.99. The van der Waals surface area contributed by atoms with Gasteiger partial charge in [0.15, 0.2) is 0 Å². The first-order valence-electron chi connectivity index (χ1n) is 11.4. The summed E-state index contributed by atoms with van der Waals surface area (Å²) in [5, 5.41) is 17.3. The van der Waals surface area contributed by atoms with Crippen LogP contribution in [0.3, 0.4) is 0 Å². The first-order valence-corrected chi connectivity index (χ1v) is 11.4. The number of carbonyl (C=O) groups excluding carboxylic acids is 3. The molecule has 3 N–H and O–H groups in total. The third-order valence-corrected chi connectivity index (χ3v) is 7.95. The van der Waals surface area contributed by atoms with Crippen molar-refractivity contribution in [3.63, 3.8) is 0 Å². The fraction of sp³-hybridized carbons (Fsp3) is 0.480. The SMILES string of the molecule is CNC(=O)[C@H]1[C@H]2C(=O)N(CCO)C(C(=O)Nc3ccc4ccccc4c3)C23CC(C)[C@]1(C)O3. The zero-order chi connectivity index (χ0) is 23.5. The Hall–Kier alpha value is -2.97. The van der Waals surface area contributed by atoms with Gasteiger partial charge in [-0.15, -0.1) is 0 Å². The second-order valence-corrected chi connectivity index (χ2v) is 9.62. The molecule has 8 nitrogen and oxygen atoms in total. The Morgan fingerprint density at radius 2 is 1.91 bits per heavy atom. The third kappa shape index (κ3) is 2.93. The number of rotatable bonds is 5. The van der Waals surface area contributed by atoms with Crippen LogP contribution in [0, 0.1) is 17.8 Å². The van der Waals surface area contributed by atoms with Gasteiger partial charge in [0.25, 0.3) is 0 Å². The van der Waals surface area contributed by atoms with E-state index in [4.69, 9.17) is 4.74 Å². The maximum absolute atomic E-state index is 13.7. The third-order valence-electron chi connectivity index (χ3n) is 7.95. The maximum atomic E-state index is 13.7. The van der Waals surface area contributed by atoms with Gasteiger partial charge in [-0.2, -0.15) is 0 Å². The number of hydrogen-bond acceptors (Lipinski definition) is 5. The van der Waals surface area contributed by atoms with Gasteiger partial charge in [-0.05, 0) is 42.2 Å². The van der Waals surface area contributed by atoms with Crippen LogP contribution in [0.2, 0.25) is 0 Å². The van der Waals surface area contributed by atoms with Crippen molar-refractivity contribution in [2.24, 2.45) is 17.8 Å². The van der Waals surface area contributed by atoms with Crippen LogP contribution in [-0.4, -0.2) is 65.2 Å². The molecule has 6 atom stereocenters. The minimum Gasteiger partial charge on any atom is -0.395 e. The van der Waals surface area contributed by atoms with Crippen molar-refractivity contribution in [1.29, 1.82) is 0 Å². The summed E-state index contributed by atoms with van der Waals surface area (Å²) < 4.78 is 6.54. The minimum absolute atomic E-state index is 0.00180. The molecule has 0 saturated carbocycles. The zero-order valence-electron chi connectivity index (χ0n) is 19.0. The van der Waals surface area contributed by atoms with E-state index in [-0.39, 0.29) is 36.8 Å². The van der Waals surface area contributed by atoms with E-state index in [0.717, 1.165) is 10.8 Å². The van der Waals surface area contributed by atoms with Gasteiger partial charge >= 0.3 is 0 Å². The van der Waals surface area contributed by atoms with E-state index < -0.39 is 29.1 Å². The molecule has 2 aromatic carbocycles. The number of anilines is 1. The standard InChI is InChI=1S/C25H29N3O5/c1-14-13-25-19(18(21(30)26-3)24(14,2)33-25)23(32)28(10-11-29)20(25)22(31)27-17-9-8-15-6-4-5-7-16(15)12-17/h4-9,12,14,18-20,29H,10-11,13H2,1-3H3,(H,26,30)(H,27,31)/t14?,18-,19+,20?,24+,25?/m1/s1. The van der Waals surface area contributed by atoms with Crippen LogP contribution in [-0.2, 0) is 19.1 Å². The largest absolute Gasteiger partial charge is 0.395 e. The molecule has 0 radical (unpaired) electrons. The Morgan fingerprint density at radius 3 is 2.61 bits per heavy atom. The van der Waals surface area contributed by atoms with Crippen molar-refractivity contribution in [2.75, 3.05) is 25.5 Å². The van der Waals surface area contributed by atoms with Gasteiger partial charge in [0.1, 0.15) is 11.6 Å². The predicted octanol–water partition coefficient (Wildman–Crippen LogP) is 1.53. The number of nitrogens with zero attached hydrogens (tertiary/aromatic N) is 1. The molecule has 3 saturated heterocycles. The summed E-state index contributed by atoms with van der Waals surface area (Å²) in [6.45, 7) is 3.58. The lowest BCUT2D eigenvalue weighted by molar-refractivity contribution is -0.146. The number of benzene rings is 2. The average Bonchev–Trinajstić information content (AvgIpc) is 3.30. The lowest BCUT2D eigenvalue weighted by Gasteiger charge is -2.36. The number of nitrogens with one attached hydrogen (secondary N) is 2. The second-order valence-electron chi connectivity index (χ2n) is 9.62. The van der Waals surface area contributed by atoms with Gasteiger partial charge in [0.2, 0.25) is 17.7 Å². The lowest BCUT2D eigenvalue weighted by atomic mass is 9.62. The van der Waals surface area contributed by atoms with Crippen molar-refractivity contribution in [2.45, 2.75) is 37.5 Å². The first kappa shape index (κ1) is 21.9. The van der Waals surface area contributed by atoms with Crippen LogP contribution in [0.4, 0.5) is 5.69 Å². The van der Waals surface area contributed by atoms with Crippen LogP contribution < -0.4 is 10.6 Å². The Balaban J connectivity index is 1.54. The van der Waals surface area contributed by atoms with E-state index in [1.807, 2.05) is 56.3 Å². The number of fused-ring (bicyclic) bond motifs is 2. The molecule has 3 unspecified atom stereocenters. The van der Waals surface area contributed by atoms with E-state index in [1.54, 1.807) is 7.05 Å². The lowest BCUT2D eigenvalue weighted by Crippen LogP contribution is -2.54. The highest BCUT2D eigenvalue weighted by molar-refractivity contribution is 6.04. The summed E-state index contributed by atoms with van der Waals surface area (Å²) in [4.78, 5) is 41.5. The van der Waals surface area contributed by atoms with E-state index in [1.165, 1.54) is 4.90 Å². The number of likely N-dealkylation sites (tertiary alicyclic amines) is 1. The van der Waals surface area contributed by atoms with E-state index >= 15 is 0 Å². The molecule has 2 bridgehead atoms. The van der Waals surface area contributed by atoms with Gasteiger partial charge in [-0.25, -0.2) is 0 Å². The molecule has 3 amide bonds. The molecular formula is C25H29N3O5. The smallest absolute Gasteiger partial charge is 0.250 e. The van der Waals surface area contributed by atoms with E-state index in [2.05, 4.69) is 10.6 Å². The highest BCUT2D eigenvalue weighted by atomic mass is 16.5. The molecule has 2 aromatic rings. The Morgan fingerprint density at radius 1 is 1.18 bits per heavy atom. The van der Waals surface area contributed by atoms with Gasteiger partial charge in [-0.1, -0.05) is 37.3 Å². The summed E-state index contributed by atoms with van der Waals surface area (Å²) in [5.41, 5.74) is -1.34. The van der Waals surface area contributed by atoms with Crippen molar-refractivity contribution in [3.05, 3.63) is 42.5 Å². The molecule has 0 aromatic heterocycles. The molecule has 3 aliphatic heterocycles. The Bertz CT molecular complexity index is 1150. The van der Waals surface area contributed by atoms with Gasteiger partial charge in [0, 0.05) is 19.3 Å². The summed E-state index contributed by atoms with van der Waals surface area (Å²) in [7, 11) is 1.55. The van der Waals surface area contributed by atoms with Gasteiger partial charge in [0.05, 0.1) is 24.0 Å². The van der Waals surface area contributed by atoms with Crippen molar-refractivity contribution in [1.82, 2.24) is 10.2 Å². The molecule has 5 rings (SSSR count). The molecule has 1 spiro atoms. The van der Waals surface area contributed by atoms with Crippen LogP contribution in [0.5, 0.6) is 0 Å². The van der Waals surface area contributed by atoms with Crippen molar-refractivity contribution in [3.8, 4) is 0 Å². The van der Waals surface area contributed by atoms with Crippen molar-refractivity contribution < 1.29 is 24.2 Å². The van der Waals surface area contributed by atoms with Crippen LogP contribution in [0.1, 0.15) is 20.3 Å². The average molecular weight is 452 g/mol. The monoisotopic (exact) mass is 451 g/mol. The number of amides is 3. The molecule has 3 fully saturated rings. The summed E-state index contributed by atoms with van der Waals surface area (Å²) in [6, 6.07) is 12.6. The van der Waals surface area contributed by atoms with E-state index in [0.29, 0.717) is 12.1 Å². The number of hydrogen-bond donors (Lipinski definition) is 3. The molecule has 3 aliphatic rings. The minimum atomic E-state index is -1.11.